The molecule has 1 saturated carbocycles. The first-order chi connectivity index (χ1) is 20.0. The van der Waals surface area contributed by atoms with Gasteiger partial charge in [0, 0.05) is 37.1 Å². The lowest BCUT2D eigenvalue weighted by Gasteiger charge is -2.29. The fourth-order valence-electron chi connectivity index (χ4n) is 5.36. The maximum atomic E-state index is 14.7. The molecular formula is C29H30F5N5O2S. The number of hydrogen-bond acceptors (Lipinski definition) is 8. The zero-order chi connectivity index (χ0) is 30.2. The van der Waals surface area contributed by atoms with Crippen LogP contribution in [0.1, 0.15) is 23.3 Å². The molecule has 3 N–H and O–H groups in total. The van der Waals surface area contributed by atoms with Gasteiger partial charge in [-0.1, -0.05) is 24.3 Å². The molecule has 0 spiro atoms. The number of aliphatic hydroxyl groups is 1. The van der Waals surface area contributed by atoms with Crippen LogP contribution in [-0.2, 0) is 13.0 Å². The molecule has 0 saturated heterocycles. The van der Waals surface area contributed by atoms with Crippen LogP contribution in [-0.4, -0.2) is 60.6 Å². The van der Waals surface area contributed by atoms with E-state index >= 15 is 0 Å². The summed E-state index contributed by atoms with van der Waals surface area (Å²) < 4.78 is 72.4. The highest BCUT2D eigenvalue weighted by Crippen LogP contribution is 2.37. The van der Waals surface area contributed by atoms with Gasteiger partial charge in [-0.25, -0.2) is 13.8 Å². The molecule has 1 aliphatic rings. The minimum Gasteiger partial charge on any atom is -0.491 e. The molecule has 224 valence electrons. The van der Waals surface area contributed by atoms with Crippen LogP contribution in [0.3, 0.4) is 0 Å². The number of ether oxygens (including phenoxy) is 1. The first-order valence-electron chi connectivity index (χ1n) is 13.3. The summed E-state index contributed by atoms with van der Waals surface area (Å²) in [4.78, 5) is 11.3. The van der Waals surface area contributed by atoms with Gasteiger partial charge in [-0.3, -0.25) is 0 Å². The molecule has 0 aliphatic heterocycles. The summed E-state index contributed by atoms with van der Waals surface area (Å²) in [5.41, 5.74) is 1.75. The van der Waals surface area contributed by atoms with Gasteiger partial charge in [0.1, 0.15) is 10.6 Å². The Balaban J connectivity index is 1.27. The number of nitrogens with one attached hydrogen (secondary N) is 2. The Hall–Kier alpha value is -3.55. The average Bonchev–Trinajstić information content (AvgIpc) is 3.52. The Kier molecular flexibility index (Phi) is 8.53. The van der Waals surface area contributed by atoms with E-state index in [2.05, 4.69) is 20.6 Å². The van der Waals surface area contributed by atoms with E-state index in [-0.39, 0.29) is 28.5 Å². The highest BCUT2D eigenvalue weighted by Gasteiger charge is 2.37. The summed E-state index contributed by atoms with van der Waals surface area (Å²) >= 11 is 0.981. The Bertz CT molecular complexity index is 1560. The van der Waals surface area contributed by atoms with E-state index in [1.54, 1.807) is 26.2 Å². The molecule has 13 heteroatoms. The molecule has 4 aromatic rings. The van der Waals surface area contributed by atoms with Crippen molar-refractivity contribution in [2.75, 3.05) is 31.4 Å². The fraction of sp³-hybridized carbons (Fsp3) is 0.379. The molecule has 0 radical (unpaired) electrons. The van der Waals surface area contributed by atoms with Gasteiger partial charge < -0.3 is 25.4 Å². The number of rotatable bonds is 9. The monoisotopic (exact) mass is 607 g/mol. The van der Waals surface area contributed by atoms with Crippen molar-refractivity contribution < 1.29 is 31.8 Å². The zero-order valence-corrected chi connectivity index (χ0v) is 23.9. The predicted octanol–water partition coefficient (Wildman–Crippen LogP) is 5.91. The maximum absolute atomic E-state index is 14.7. The number of anilines is 2. The number of methoxy groups -OCH3 is 1. The zero-order valence-electron chi connectivity index (χ0n) is 23.1. The summed E-state index contributed by atoms with van der Waals surface area (Å²) in [6.45, 7) is 0.496. The number of likely N-dealkylation sites (N-methyl/N-ethyl adjacent to an activating group) is 1. The summed E-state index contributed by atoms with van der Waals surface area (Å²) in [6.07, 6.45) is -5.02. The van der Waals surface area contributed by atoms with Gasteiger partial charge in [-0.15, -0.1) is 11.3 Å². The third kappa shape index (κ3) is 6.27. The molecule has 0 bridgehead atoms. The van der Waals surface area contributed by atoms with Gasteiger partial charge in [-0.05, 0) is 42.2 Å². The van der Waals surface area contributed by atoms with Crippen LogP contribution in [0.25, 0.3) is 21.3 Å². The highest BCUT2D eigenvalue weighted by atomic mass is 32.1. The molecule has 1 fully saturated rings. The van der Waals surface area contributed by atoms with Gasteiger partial charge >= 0.3 is 6.18 Å². The van der Waals surface area contributed by atoms with E-state index in [1.165, 1.54) is 19.2 Å². The number of aromatic nitrogens is 2. The molecule has 0 amide bonds. The Labute approximate surface area is 243 Å². The number of hydrogen-bond donors (Lipinski definition) is 3. The maximum Gasteiger partial charge on any atom is 0.393 e. The number of benzene rings is 2. The van der Waals surface area contributed by atoms with Crippen LogP contribution in [0.4, 0.5) is 33.7 Å². The largest absolute Gasteiger partial charge is 0.491 e. The lowest BCUT2D eigenvalue weighted by molar-refractivity contribution is -0.126. The molecule has 7 nitrogen and oxygen atoms in total. The van der Waals surface area contributed by atoms with Crippen LogP contribution < -0.4 is 20.3 Å². The van der Waals surface area contributed by atoms with Crippen molar-refractivity contribution >= 4 is 33.3 Å². The summed E-state index contributed by atoms with van der Waals surface area (Å²) in [6, 6.07) is 10.9. The Morgan fingerprint density at radius 1 is 1.10 bits per heavy atom. The molecular weight excluding hydrogens is 577 g/mol. The van der Waals surface area contributed by atoms with Gasteiger partial charge in [-0.2, -0.15) is 18.2 Å². The van der Waals surface area contributed by atoms with Crippen molar-refractivity contribution in [1.29, 1.82) is 0 Å². The summed E-state index contributed by atoms with van der Waals surface area (Å²) in [5, 5.41) is 17.8. The first-order valence-corrected chi connectivity index (χ1v) is 14.1. The molecule has 2 heterocycles. The standard InChI is InChI=1S/C29H30F5N5O2S/c1-35-28-37-26(20-12-18(13-29(32,33)34)42-27(20)38-28)39(2)22-10-17(11-23(22)40)36-14-15-4-6-16(7-5-15)19-8-9-21(30)25(41-3)24(19)31/h4-9,12,17,22-23,36,40H,10-11,13-14H2,1-3H3,(H,35,37,38)/t17-,22+,23-/m1/s1. The van der Waals surface area contributed by atoms with Crippen molar-refractivity contribution in [2.24, 2.45) is 0 Å². The van der Waals surface area contributed by atoms with E-state index in [4.69, 9.17) is 4.74 Å². The molecule has 3 atom stereocenters. The minimum atomic E-state index is -4.34. The number of aliphatic hydroxyl groups excluding tert-OH is 1. The van der Waals surface area contributed by atoms with E-state index in [0.29, 0.717) is 41.0 Å². The SMILES string of the molecule is CNc1nc(N(C)[C@H]2C[C@@H](NCc3ccc(-c4ccc(F)c(OC)c4F)cc3)C[C@H]2O)c2cc(CC(F)(F)F)sc2n1. The van der Waals surface area contributed by atoms with Crippen molar-refractivity contribution in [3.05, 3.63) is 64.5 Å². The van der Waals surface area contributed by atoms with E-state index < -0.39 is 36.1 Å². The summed E-state index contributed by atoms with van der Waals surface area (Å²) in [5.74, 6) is -1.22. The van der Waals surface area contributed by atoms with Gasteiger partial charge in [0.15, 0.2) is 17.4 Å². The lowest BCUT2D eigenvalue weighted by atomic mass is 10.0. The topological polar surface area (TPSA) is 82.5 Å². The van der Waals surface area contributed by atoms with Crippen LogP contribution in [0.15, 0.2) is 42.5 Å². The number of nitrogens with zero attached hydrogens (tertiary/aromatic N) is 3. The highest BCUT2D eigenvalue weighted by molar-refractivity contribution is 7.18. The number of thiophene rings is 1. The second-order valence-electron chi connectivity index (χ2n) is 10.3. The summed E-state index contributed by atoms with van der Waals surface area (Å²) in [7, 11) is 4.63. The van der Waals surface area contributed by atoms with Crippen molar-refractivity contribution in [2.45, 2.75) is 50.2 Å². The van der Waals surface area contributed by atoms with Gasteiger partial charge in [0.25, 0.3) is 0 Å². The lowest BCUT2D eigenvalue weighted by Crippen LogP contribution is -2.38. The third-order valence-electron chi connectivity index (χ3n) is 7.46. The van der Waals surface area contributed by atoms with Crippen LogP contribution in [0.2, 0.25) is 0 Å². The van der Waals surface area contributed by atoms with E-state index in [0.717, 1.165) is 23.0 Å². The Morgan fingerprint density at radius 2 is 1.83 bits per heavy atom. The van der Waals surface area contributed by atoms with E-state index in [9.17, 15) is 27.1 Å². The van der Waals surface area contributed by atoms with Crippen molar-refractivity contribution in [3.63, 3.8) is 0 Å². The average molecular weight is 608 g/mol. The molecule has 42 heavy (non-hydrogen) atoms. The Morgan fingerprint density at radius 3 is 2.50 bits per heavy atom. The number of alkyl halides is 3. The molecule has 5 rings (SSSR count). The molecule has 2 aromatic heterocycles. The van der Waals surface area contributed by atoms with Crippen LogP contribution in [0, 0.1) is 11.6 Å². The fourth-order valence-corrected chi connectivity index (χ4v) is 6.42. The van der Waals surface area contributed by atoms with Gasteiger partial charge in [0.2, 0.25) is 5.95 Å². The van der Waals surface area contributed by atoms with Crippen LogP contribution in [0.5, 0.6) is 5.75 Å². The second kappa shape index (κ2) is 12.0. The molecule has 1 aliphatic carbocycles. The predicted molar refractivity (Wildman–Crippen MR) is 153 cm³/mol. The van der Waals surface area contributed by atoms with E-state index in [1.807, 2.05) is 17.0 Å². The van der Waals surface area contributed by atoms with Crippen LogP contribution >= 0.6 is 11.3 Å². The molecule has 0 unspecified atom stereocenters. The number of fused-ring (bicyclic) bond motifs is 1. The first kappa shape index (κ1) is 29.9. The van der Waals surface area contributed by atoms with Gasteiger partial charge in [0.05, 0.1) is 31.1 Å². The second-order valence-corrected chi connectivity index (χ2v) is 11.4. The third-order valence-corrected chi connectivity index (χ3v) is 8.49. The number of halogens is 5. The smallest absolute Gasteiger partial charge is 0.393 e. The quantitative estimate of drug-likeness (QED) is 0.204. The van der Waals surface area contributed by atoms with Crippen molar-refractivity contribution in [3.8, 4) is 16.9 Å². The van der Waals surface area contributed by atoms with Crippen molar-refractivity contribution in [1.82, 2.24) is 15.3 Å². The molecule has 2 aromatic carbocycles. The minimum absolute atomic E-state index is 0.0321. The normalized spacial score (nSPS) is 18.9.